The van der Waals surface area contributed by atoms with Crippen LogP contribution in [-0.2, 0) is 0 Å². The summed E-state index contributed by atoms with van der Waals surface area (Å²) in [6.07, 6.45) is 0.504. The third-order valence-corrected chi connectivity index (χ3v) is 4.38. The number of hydrogen-bond acceptors (Lipinski definition) is 2. The zero-order chi connectivity index (χ0) is 15.0. The van der Waals surface area contributed by atoms with E-state index in [9.17, 15) is 4.39 Å². The second kappa shape index (κ2) is 5.95. The molecule has 2 aromatic rings. The molecule has 1 heterocycles. The fourth-order valence-electron chi connectivity index (χ4n) is 2.68. The van der Waals surface area contributed by atoms with Crippen LogP contribution in [-0.4, -0.2) is 7.05 Å². The third kappa shape index (κ3) is 3.07. The van der Waals surface area contributed by atoms with Crippen molar-refractivity contribution in [1.82, 2.24) is 5.32 Å². The molecule has 110 valence electrons. The van der Waals surface area contributed by atoms with E-state index in [0.717, 1.165) is 27.8 Å². The highest BCUT2D eigenvalue weighted by atomic mass is 79.9. The van der Waals surface area contributed by atoms with Crippen LogP contribution in [0.25, 0.3) is 0 Å². The van der Waals surface area contributed by atoms with Crippen molar-refractivity contribution in [2.24, 2.45) is 0 Å². The molecule has 2 unspecified atom stereocenters. The minimum atomic E-state index is -0.344. The van der Waals surface area contributed by atoms with Gasteiger partial charge in [0.25, 0.3) is 0 Å². The molecule has 0 saturated carbocycles. The van der Waals surface area contributed by atoms with E-state index < -0.39 is 0 Å². The van der Waals surface area contributed by atoms with Gasteiger partial charge < -0.3 is 10.1 Å². The molecule has 0 aromatic heterocycles. The lowest BCUT2D eigenvalue weighted by atomic mass is 9.93. The predicted molar refractivity (Wildman–Crippen MR) is 85.3 cm³/mol. The van der Waals surface area contributed by atoms with Gasteiger partial charge >= 0.3 is 0 Å². The van der Waals surface area contributed by atoms with Gasteiger partial charge in [0.1, 0.15) is 17.7 Å². The summed E-state index contributed by atoms with van der Waals surface area (Å²) in [5.41, 5.74) is 1.86. The second-order valence-electron chi connectivity index (χ2n) is 5.07. The van der Waals surface area contributed by atoms with Crippen molar-refractivity contribution in [3.63, 3.8) is 0 Å². The Hall–Kier alpha value is -1.10. The zero-order valence-corrected chi connectivity index (χ0v) is 13.7. The summed E-state index contributed by atoms with van der Waals surface area (Å²) in [5, 5.41) is 3.67. The zero-order valence-electron chi connectivity index (χ0n) is 11.4. The highest BCUT2D eigenvalue weighted by Gasteiger charge is 2.29. The van der Waals surface area contributed by atoms with Gasteiger partial charge in [0, 0.05) is 27.5 Å². The lowest BCUT2D eigenvalue weighted by molar-refractivity contribution is 0.153. The molecule has 2 aromatic carbocycles. The molecule has 0 bridgehead atoms. The molecule has 0 spiro atoms. The van der Waals surface area contributed by atoms with Crippen molar-refractivity contribution < 1.29 is 9.13 Å². The van der Waals surface area contributed by atoms with E-state index in [2.05, 4.69) is 21.2 Å². The molecule has 2 nitrogen and oxygen atoms in total. The van der Waals surface area contributed by atoms with Crippen molar-refractivity contribution in [1.29, 1.82) is 0 Å². The minimum absolute atomic E-state index is 0.151. The van der Waals surface area contributed by atoms with Crippen molar-refractivity contribution in [3.8, 4) is 5.75 Å². The van der Waals surface area contributed by atoms with Gasteiger partial charge in [-0.1, -0.05) is 27.5 Å². The van der Waals surface area contributed by atoms with Crippen LogP contribution in [0, 0.1) is 5.82 Å². The molecule has 2 atom stereocenters. The topological polar surface area (TPSA) is 21.3 Å². The Bertz CT molecular complexity index is 659. The van der Waals surface area contributed by atoms with Crippen molar-refractivity contribution >= 4 is 27.5 Å². The largest absolute Gasteiger partial charge is 0.485 e. The van der Waals surface area contributed by atoms with Gasteiger partial charge in [0.15, 0.2) is 0 Å². The first-order valence-corrected chi connectivity index (χ1v) is 7.83. The Morgan fingerprint density at radius 3 is 2.81 bits per heavy atom. The molecule has 1 aliphatic heterocycles. The van der Waals surface area contributed by atoms with Gasteiger partial charge in [-0.3, -0.25) is 0 Å². The van der Waals surface area contributed by atoms with Crippen LogP contribution in [0.4, 0.5) is 4.39 Å². The van der Waals surface area contributed by atoms with Gasteiger partial charge in [0.05, 0.1) is 0 Å². The van der Waals surface area contributed by atoms with Crippen LogP contribution in [0.3, 0.4) is 0 Å². The Labute approximate surface area is 136 Å². The molecule has 0 radical (unpaired) electrons. The van der Waals surface area contributed by atoms with Gasteiger partial charge in [-0.25, -0.2) is 4.39 Å². The number of hydrogen-bond donors (Lipinski definition) is 1. The van der Waals surface area contributed by atoms with Crippen molar-refractivity contribution in [2.75, 3.05) is 7.05 Å². The molecule has 5 heteroatoms. The summed E-state index contributed by atoms with van der Waals surface area (Å²) in [7, 11) is 1.91. The fourth-order valence-corrected chi connectivity index (χ4v) is 3.29. The average Bonchev–Trinajstić information content (AvgIpc) is 2.45. The van der Waals surface area contributed by atoms with Gasteiger partial charge in [-0.2, -0.15) is 0 Å². The molecule has 0 fully saturated rings. The maximum Gasteiger partial charge on any atom is 0.126 e. The fraction of sp³-hybridized carbons (Fsp3) is 0.250. The first-order valence-electron chi connectivity index (χ1n) is 6.66. The number of fused-ring (bicyclic) bond motifs is 1. The van der Waals surface area contributed by atoms with E-state index in [1.54, 1.807) is 6.07 Å². The van der Waals surface area contributed by atoms with E-state index in [0.29, 0.717) is 5.02 Å². The maximum atomic E-state index is 13.5. The van der Waals surface area contributed by atoms with E-state index in [4.69, 9.17) is 16.3 Å². The molecule has 1 aliphatic rings. The molecular weight excluding hydrogens is 357 g/mol. The van der Waals surface area contributed by atoms with Crippen LogP contribution >= 0.6 is 27.5 Å². The summed E-state index contributed by atoms with van der Waals surface area (Å²) >= 11 is 9.42. The molecule has 0 saturated heterocycles. The van der Waals surface area contributed by atoms with E-state index in [-0.39, 0.29) is 18.0 Å². The lowest BCUT2D eigenvalue weighted by Gasteiger charge is -2.32. The highest BCUT2D eigenvalue weighted by Crippen LogP contribution is 2.42. The third-order valence-electron chi connectivity index (χ3n) is 3.67. The van der Waals surface area contributed by atoms with Gasteiger partial charge in [-0.15, -0.1) is 0 Å². The summed E-state index contributed by atoms with van der Waals surface area (Å²) in [5.74, 6) is 0.470. The Morgan fingerprint density at radius 2 is 2.10 bits per heavy atom. The summed E-state index contributed by atoms with van der Waals surface area (Å²) in [6, 6.07) is 10.6. The molecule has 21 heavy (non-hydrogen) atoms. The van der Waals surface area contributed by atoms with Crippen molar-refractivity contribution in [2.45, 2.75) is 18.6 Å². The van der Waals surface area contributed by atoms with Crippen LogP contribution in [0.5, 0.6) is 5.75 Å². The van der Waals surface area contributed by atoms with Crippen LogP contribution in [0.2, 0.25) is 5.02 Å². The quantitative estimate of drug-likeness (QED) is 0.801. The van der Waals surface area contributed by atoms with Crippen LogP contribution in [0.1, 0.15) is 29.7 Å². The Morgan fingerprint density at radius 1 is 1.29 bits per heavy atom. The maximum absolute atomic E-state index is 13.5. The number of ether oxygens (including phenoxy) is 1. The number of halogens is 3. The normalized spacial score (nSPS) is 20.8. The SMILES string of the molecule is CNC1CC(c2cc(F)cc(Cl)c2)Oc2ccc(Br)cc21. The summed E-state index contributed by atoms with van der Waals surface area (Å²) < 4.78 is 20.6. The summed E-state index contributed by atoms with van der Waals surface area (Å²) in [6.45, 7) is 0. The van der Waals surface area contributed by atoms with Crippen molar-refractivity contribution in [3.05, 3.63) is 62.8 Å². The number of rotatable bonds is 2. The van der Waals surface area contributed by atoms with Gasteiger partial charge in [0.2, 0.25) is 0 Å². The minimum Gasteiger partial charge on any atom is -0.485 e. The van der Waals surface area contributed by atoms with E-state index in [1.807, 2.05) is 25.2 Å². The molecule has 3 rings (SSSR count). The lowest BCUT2D eigenvalue weighted by Crippen LogP contribution is -2.26. The Kier molecular flexibility index (Phi) is 4.20. The number of benzene rings is 2. The first-order chi connectivity index (χ1) is 10.1. The second-order valence-corrected chi connectivity index (χ2v) is 6.42. The van der Waals surface area contributed by atoms with E-state index in [1.165, 1.54) is 12.1 Å². The average molecular weight is 371 g/mol. The Balaban J connectivity index is 1.98. The van der Waals surface area contributed by atoms with Gasteiger partial charge in [-0.05, 0) is 49.0 Å². The number of nitrogens with one attached hydrogen (secondary N) is 1. The smallest absolute Gasteiger partial charge is 0.126 e. The molecule has 1 N–H and O–H groups in total. The highest BCUT2D eigenvalue weighted by molar-refractivity contribution is 9.10. The molecule has 0 aliphatic carbocycles. The van der Waals surface area contributed by atoms with Crippen LogP contribution in [0.15, 0.2) is 40.9 Å². The monoisotopic (exact) mass is 369 g/mol. The molecular formula is C16H14BrClFNO. The first kappa shape index (κ1) is 14.8. The van der Waals surface area contributed by atoms with E-state index >= 15 is 0 Å². The summed E-state index contributed by atoms with van der Waals surface area (Å²) in [4.78, 5) is 0. The van der Waals surface area contributed by atoms with Crippen LogP contribution < -0.4 is 10.1 Å². The predicted octanol–water partition coefficient (Wildman–Crippen LogP) is 5.03. The standard InChI is InChI=1S/C16H14BrClFNO/c1-20-14-8-16(9-4-11(18)7-12(19)5-9)21-15-3-2-10(17)6-13(14)15/h2-7,14,16,20H,8H2,1H3. The molecule has 0 amide bonds.